The molecule has 0 aromatic heterocycles. The Bertz CT molecular complexity index is 391. The van der Waals surface area contributed by atoms with Crippen LogP contribution in [0, 0.1) is 5.92 Å². The van der Waals surface area contributed by atoms with Crippen molar-refractivity contribution in [3.8, 4) is 0 Å². The molecule has 0 aliphatic heterocycles. The molecule has 0 fully saturated rings. The molecule has 1 aromatic rings. The molecule has 1 rings (SSSR count). The lowest BCUT2D eigenvalue weighted by molar-refractivity contribution is -0.121. The standard InChI is InChI=1S/C17H26O/c1-5-14-10-11-15(6-2)16(12-14)8-7-9-17(18)13(3)4/h10-13H,5-9H2,1-4H3. The molecule has 0 aliphatic rings. The summed E-state index contributed by atoms with van der Waals surface area (Å²) >= 11 is 0. The van der Waals surface area contributed by atoms with Gasteiger partial charge in [-0.3, -0.25) is 4.79 Å². The van der Waals surface area contributed by atoms with Gasteiger partial charge >= 0.3 is 0 Å². The van der Waals surface area contributed by atoms with Crippen LogP contribution in [0.5, 0.6) is 0 Å². The monoisotopic (exact) mass is 246 g/mol. The minimum atomic E-state index is 0.178. The highest BCUT2D eigenvalue weighted by molar-refractivity contribution is 5.80. The SMILES string of the molecule is CCc1ccc(CC)c(CCCC(=O)C(C)C)c1. The van der Waals surface area contributed by atoms with E-state index in [9.17, 15) is 4.79 Å². The molecule has 1 aromatic carbocycles. The molecule has 0 saturated carbocycles. The fraction of sp³-hybridized carbons (Fsp3) is 0.588. The van der Waals surface area contributed by atoms with Crippen molar-refractivity contribution in [1.29, 1.82) is 0 Å². The zero-order valence-electron chi connectivity index (χ0n) is 12.3. The molecule has 0 aliphatic carbocycles. The molecule has 0 bridgehead atoms. The normalized spacial score (nSPS) is 10.9. The van der Waals surface area contributed by atoms with Crippen molar-refractivity contribution in [3.05, 3.63) is 34.9 Å². The van der Waals surface area contributed by atoms with Crippen molar-refractivity contribution in [1.82, 2.24) is 0 Å². The molecule has 18 heavy (non-hydrogen) atoms. The Morgan fingerprint density at radius 1 is 1.11 bits per heavy atom. The van der Waals surface area contributed by atoms with Crippen LogP contribution in [-0.4, -0.2) is 5.78 Å². The van der Waals surface area contributed by atoms with Gasteiger partial charge in [0.05, 0.1) is 0 Å². The largest absolute Gasteiger partial charge is 0.299 e. The summed E-state index contributed by atoms with van der Waals surface area (Å²) in [6, 6.07) is 6.79. The molecule has 1 nitrogen and oxygen atoms in total. The molecule has 0 unspecified atom stereocenters. The van der Waals surface area contributed by atoms with Gasteiger partial charge in [-0.05, 0) is 42.4 Å². The zero-order valence-corrected chi connectivity index (χ0v) is 12.3. The summed E-state index contributed by atoms with van der Waals surface area (Å²) in [5.41, 5.74) is 4.27. The van der Waals surface area contributed by atoms with Gasteiger partial charge in [0.15, 0.2) is 0 Å². The first-order valence-corrected chi connectivity index (χ1v) is 7.21. The molecule has 0 heterocycles. The minimum Gasteiger partial charge on any atom is -0.299 e. The van der Waals surface area contributed by atoms with Gasteiger partial charge in [-0.25, -0.2) is 0 Å². The van der Waals surface area contributed by atoms with Crippen LogP contribution in [0.2, 0.25) is 0 Å². The van der Waals surface area contributed by atoms with Crippen molar-refractivity contribution < 1.29 is 4.79 Å². The maximum Gasteiger partial charge on any atom is 0.135 e. The lowest BCUT2D eigenvalue weighted by Gasteiger charge is -2.10. The number of hydrogen-bond acceptors (Lipinski definition) is 1. The lowest BCUT2D eigenvalue weighted by Crippen LogP contribution is -2.07. The average molecular weight is 246 g/mol. The van der Waals surface area contributed by atoms with E-state index in [1.807, 2.05) is 13.8 Å². The van der Waals surface area contributed by atoms with Crippen molar-refractivity contribution in [3.63, 3.8) is 0 Å². The summed E-state index contributed by atoms with van der Waals surface area (Å²) in [6.45, 7) is 8.35. The van der Waals surface area contributed by atoms with Crippen LogP contribution in [0.15, 0.2) is 18.2 Å². The van der Waals surface area contributed by atoms with Gasteiger partial charge in [0, 0.05) is 12.3 Å². The van der Waals surface area contributed by atoms with Crippen molar-refractivity contribution in [2.24, 2.45) is 5.92 Å². The first-order chi connectivity index (χ1) is 8.58. The van der Waals surface area contributed by atoms with E-state index < -0.39 is 0 Å². The van der Waals surface area contributed by atoms with Gasteiger partial charge in [0.2, 0.25) is 0 Å². The van der Waals surface area contributed by atoms with Crippen LogP contribution in [0.4, 0.5) is 0 Å². The number of benzene rings is 1. The molecule has 0 spiro atoms. The predicted octanol–water partition coefficient (Wildman–Crippen LogP) is 4.36. The Morgan fingerprint density at radius 2 is 1.83 bits per heavy atom. The maximum atomic E-state index is 11.6. The zero-order chi connectivity index (χ0) is 13.5. The van der Waals surface area contributed by atoms with Crippen LogP contribution in [0.25, 0.3) is 0 Å². The molecule has 0 amide bonds. The fourth-order valence-corrected chi connectivity index (χ4v) is 2.22. The predicted molar refractivity (Wildman–Crippen MR) is 78.0 cm³/mol. The average Bonchev–Trinajstić information content (AvgIpc) is 2.38. The minimum absolute atomic E-state index is 0.178. The van der Waals surface area contributed by atoms with Crippen molar-refractivity contribution in [2.75, 3.05) is 0 Å². The van der Waals surface area contributed by atoms with Gasteiger partial charge in [-0.15, -0.1) is 0 Å². The Labute approximate surface area is 112 Å². The second kappa shape index (κ2) is 7.35. The number of rotatable bonds is 7. The first kappa shape index (κ1) is 14.9. The summed E-state index contributed by atoms with van der Waals surface area (Å²) < 4.78 is 0. The highest BCUT2D eigenvalue weighted by Crippen LogP contribution is 2.17. The van der Waals surface area contributed by atoms with E-state index in [-0.39, 0.29) is 5.92 Å². The molecular weight excluding hydrogens is 220 g/mol. The second-order valence-corrected chi connectivity index (χ2v) is 5.28. The third-order valence-electron chi connectivity index (χ3n) is 3.57. The van der Waals surface area contributed by atoms with E-state index in [0.717, 1.165) is 32.1 Å². The van der Waals surface area contributed by atoms with Gasteiger partial charge in [-0.2, -0.15) is 0 Å². The second-order valence-electron chi connectivity index (χ2n) is 5.28. The van der Waals surface area contributed by atoms with Gasteiger partial charge < -0.3 is 0 Å². The van der Waals surface area contributed by atoms with E-state index in [2.05, 4.69) is 32.0 Å². The van der Waals surface area contributed by atoms with E-state index in [1.54, 1.807) is 0 Å². The van der Waals surface area contributed by atoms with Crippen LogP contribution < -0.4 is 0 Å². The van der Waals surface area contributed by atoms with Crippen LogP contribution in [0.1, 0.15) is 57.2 Å². The number of carbonyl (C=O) groups is 1. The van der Waals surface area contributed by atoms with Gasteiger partial charge in [0.25, 0.3) is 0 Å². The smallest absolute Gasteiger partial charge is 0.135 e. The summed E-state index contributed by atoms with van der Waals surface area (Å²) in [4.78, 5) is 11.6. The molecule has 100 valence electrons. The lowest BCUT2D eigenvalue weighted by atomic mass is 9.95. The van der Waals surface area contributed by atoms with Crippen molar-refractivity contribution >= 4 is 5.78 Å². The summed E-state index contributed by atoms with van der Waals surface area (Å²) in [5.74, 6) is 0.567. The summed E-state index contributed by atoms with van der Waals surface area (Å²) in [7, 11) is 0. The highest BCUT2D eigenvalue weighted by atomic mass is 16.1. The number of carbonyl (C=O) groups excluding carboxylic acids is 1. The van der Waals surface area contributed by atoms with Crippen LogP contribution in [0.3, 0.4) is 0 Å². The first-order valence-electron chi connectivity index (χ1n) is 7.21. The maximum absolute atomic E-state index is 11.6. The molecule has 0 saturated heterocycles. The summed E-state index contributed by atoms with van der Waals surface area (Å²) in [5, 5.41) is 0. The molecular formula is C17H26O. The van der Waals surface area contributed by atoms with E-state index in [4.69, 9.17) is 0 Å². The number of ketones is 1. The Balaban J connectivity index is 2.62. The van der Waals surface area contributed by atoms with Crippen LogP contribution in [-0.2, 0) is 24.1 Å². The summed E-state index contributed by atoms with van der Waals surface area (Å²) in [6.07, 6.45) is 4.91. The van der Waals surface area contributed by atoms with Gasteiger partial charge in [-0.1, -0.05) is 45.9 Å². The highest BCUT2D eigenvalue weighted by Gasteiger charge is 2.08. The topological polar surface area (TPSA) is 17.1 Å². The van der Waals surface area contributed by atoms with E-state index in [0.29, 0.717) is 5.78 Å². The number of hydrogen-bond donors (Lipinski definition) is 0. The quantitative estimate of drug-likeness (QED) is 0.698. The number of aryl methyl sites for hydroxylation is 3. The van der Waals surface area contributed by atoms with E-state index >= 15 is 0 Å². The molecule has 0 atom stereocenters. The Hall–Kier alpha value is -1.11. The van der Waals surface area contributed by atoms with Crippen LogP contribution >= 0.6 is 0 Å². The molecule has 0 N–H and O–H groups in total. The Morgan fingerprint density at radius 3 is 2.39 bits per heavy atom. The van der Waals surface area contributed by atoms with Crippen molar-refractivity contribution in [2.45, 2.75) is 59.8 Å². The third-order valence-corrected chi connectivity index (χ3v) is 3.57. The molecule has 1 heteroatoms. The van der Waals surface area contributed by atoms with Gasteiger partial charge in [0.1, 0.15) is 5.78 Å². The van der Waals surface area contributed by atoms with E-state index in [1.165, 1.54) is 16.7 Å². The fourth-order valence-electron chi connectivity index (χ4n) is 2.22. The molecule has 0 radical (unpaired) electrons. The Kier molecular flexibility index (Phi) is 6.11. The number of Topliss-reactive ketones (excluding diaryl/α,β-unsaturated/α-hetero) is 1. The third kappa shape index (κ3) is 4.29.